The molecule has 0 bridgehead atoms. The maximum absolute atomic E-state index is 12.0. The van der Waals surface area contributed by atoms with Crippen LogP contribution in [0.1, 0.15) is 45.4 Å². The molecule has 0 aliphatic carbocycles. The van der Waals surface area contributed by atoms with E-state index in [0.717, 1.165) is 19.3 Å². The Hall–Kier alpha value is -0.870. The van der Waals surface area contributed by atoms with E-state index in [1.807, 2.05) is 6.92 Å². The molecule has 1 heterocycles. The van der Waals surface area contributed by atoms with Crippen molar-refractivity contribution in [1.82, 2.24) is 10.6 Å². The molecule has 3 unspecified atom stereocenters. The Morgan fingerprint density at radius 3 is 2.63 bits per heavy atom. The van der Waals surface area contributed by atoms with Gasteiger partial charge in [0.2, 0.25) is 5.91 Å². The number of hydrogen-bond donors (Lipinski definition) is 2. The molecule has 0 radical (unpaired) electrons. The minimum absolute atomic E-state index is 0.0963. The maximum Gasteiger partial charge on any atom is 0.237 e. The van der Waals surface area contributed by atoms with Crippen LogP contribution < -0.4 is 10.6 Å². The summed E-state index contributed by atoms with van der Waals surface area (Å²) in [5.74, 6) is 0.0963. The van der Waals surface area contributed by atoms with E-state index in [4.69, 9.17) is 0 Å². The van der Waals surface area contributed by atoms with E-state index in [-0.39, 0.29) is 18.0 Å². The Morgan fingerprint density at radius 1 is 1.32 bits per heavy atom. The standard InChI is InChI=1S/C15H26N2OS/c1-5-7-11(2)17-15(18)13(4)16-12(3)10-14-8-6-9-19-14/h6,8-9,11-13,16H,5,7,10H2,1-4H3,(H,17,18). The summed E-state index contributed by atoms with van der Waals surface area (Å²) in [4.78, 5) is 13.3. The van der Waals surface area contributed by atoms with Crippen molar-refractivity contribution in [2.45, 2.75) is 65.1 Å². The highest BCUT2D eigenvalue weighted by Gasteiger charge is 2.17. The predicted octanol–water partition coefficient (Wildman–Crippen LogP) is 2.96. The summed E-state index contributed by atoms with van der Waals surface area (Å²) in [7, 11) is 0. The minimum Gasteiger partial charge on any atom is -0.352 e. The average molecular weight is 282 g/mol. The molecule has 0 aliphatic rings. The fourth-order valence-corrected chi connectivity index (χ4v) is 3.00. The first-order chi connectivity index (χ1) is 9.02. The first-order valence-corrected chi connectivity index (χ1v) is 7.99. The molecule has 0 aromatic carbocycles. The van der Waals surface area contributed by atoms with Gasteiger partial charge in [0.1, 0.15) is 0 Å². The molecule has 0 fully saturated rings. The van der Waals surface area contributed by atoms with E-state index in [0.29, 0.717) is 6.04 Å². The molecule has 1 rings (SSSR count). The van der Waals surface area contributed by atoms with E-state index in [1.54, 1.807) is 11.3 Å². The first-order valence-electron chi connectivity index (χ1n) is 7.11. The fraction of sp³-hybridized carbons (Fsp3) is 0.667. The first kappa shape index (κ1) is 16.2. The van der Waals surface area contributed by atoms with Crippen LogP contribution in [0.5, 0.6) is 0 Å². The predicted molar refractivity (Wildman–Crippen MR) is 82.6 cm³/mol. The summed E-state index contributed by atoms with van der Waals surface area (Å²) < 4.78 is 0. The van der Waals surface area contributed by atoms with E-state index in [1.165, 1.54) is 4.88 Å². The molecule has 4 heteroatoms. The summed E-state index contributed by atoms with van der Waals surface area (Å²) in [6.45, 7) is 8.24. The van der Waals surface area contributed by atoms with Crippen molar-refractivity contribution in [3.05, 3.63) is 22.4 Å². The molecule has 108 valence electrons. The van der Waals surface area contributed by atoms with Crippen LogP contribution in [0.25, 0.3) is 0 Å². The van der Waals surface area contributed by atoms with Gasteiger partial charge in [0.15, 0.2) is 0 Å². The number of hydrogen-bond acceptors (Lipinski definition) is 3. The average Bonchev–Trinajstić information content (AvgIpc) is 2.81. The van der Waals surface area contributed by atoms with Crippen LogP contribution in [-0.2, 0) is 11.2 Å². The Labute approximate surface area is 120 Å². The Bertz CT molecular complexity index is 364. The molecule has 0 saturated heterocycles. The lowest BCUT2D eigenvalue weighted by atomic mass is 10.1. The second-order valence-electron chi connectivity index (χ2n) is 5.27. The van der Waals surface area contributed by atoms with Crippen molar-refractivity contribution in [3.63, 3.8) is 0 Å². The molecule has 2 N–H and O–H groups in total. The van der Waals surface area contributed by atoms with Crippen LogP contribution in [0.15, 0.2) is 17.5 Å². The van der Waals surface area contributed by atoms with Crippen molar-refractivity contribution in [2.24, 2.45) is 0 Å². The van der Waals surface area contributed by atoms with Gasteiger partial charge in [-0.05, 0) is 45.1 Å². The van der Waals surface area contributed by atoms with Crippen molar-refractivity contribution in [3.8, 4) is 0 Å². The molecule has 0 saturated carbocycles. The lowest BCUT2D eigenvalue weighted by molar-refractivity contribution is -0.123. The highest BCUT2D eigenvalue weighted by atomic mass is 32.1. The number of amides is 1. The van der Waals surface area contributed by atoms with E-state index in [9.17, 15) is 4.79 Å². The monoisotopic (exact) mass is 282 g/mol. The zero-order valence-electron chi connectivity index (χ0n) is 12.4. The summed E-state index contributed by atoms with van der Waals surface area (Å²) in [5.41, 5.74) is 0. The van der Waals surface area contributed by atoms with Gasteiger partial charge in [-0.2, -0.15) is 0 Å². The van der Waals surface area contributed by atoms with Crippen molar-refractivity contribution in [1.29, 1.82) is 0 Å². The second kappa shape index (κ2) is 8.33. The Kier molecular flexibility index (Phi) is 7.10. The third-order valence-corrected chi connectivity index (χ3v) is 4.02. The molecule has 0 aliphatic heterocycles. The van der Waals surface area contributed by atoms with Gasteiger partial charge in [0.05, 0.1) is 6.04 Å². The highest BCUT2D eigenvalue weighted by Crippen LogP contribution is 2.11. The normalized spacial score (nSPS) is 15.8. The molecular weight excluding hydrogens is 256 g/mol. The van der Waals surface area contributed by atoms with Gasteiger partial charge in [-0.15, -0.1) is 11.3 Å². The molecule has 3 atom stereocenters. The summed E-state index contributed by atoms with van der Waals surface area (Å²) >= 11 is 1.76. The molecule has 0 spiro atoms. The number of carbonyl (C=O) groups is 1. The number of thiophene rings is 1. The lowest BCUT2D eigenvalue weighted by Crippen LogP contribution is -2.48. The van der Waals surface area contributed by atoms with Gasteiger partial charge in [-0.25, -0.2) is 0 Å². The molecule has 1 aromatic heterocycles. The summed E-state index contributed by atoms with van der Waals surface area (Å²) in [6.07, 6.45) is 3.10. The van der Waals surface area contributed by atoms with E-state index < -0.39 is 0 Å². The van der Waals surface area contributed by atoms with Crippen LogP contribution in [0, 0.1) is 0 Å². The summed E-state index contributed by atoms with van der Waals surface area (Å²) in [5, 5.41) is 8.49. The number of carbonyl (C=O) groups excluding carboxylic acids is 1. The van der Waals surface area contributed by atoms with Crippen molar-refractivity contribution < 1.29 is 4.79 Å². The minimum atomic E-state index is -0.144. The Morgan fingerprint density at radius 2 is 2.05 bits per heavy atom. The quantitative estimate of drug-likeness (QED) is 0.769. The zero-order chi connectivity index (χ0) is 14.3. The third-order valence-electron chi connectivity index (χ3n) is 3.13. The molecule has 19 heavy (non-hydrogen) atoms. The van der Waals surface area contributed by atoms with Crippen LogP contribution >= 0.6 is 11.3 Å². The third kappa shape index (κ3) is 6.21. The van der Waals surface area contributed by atoms with Crippen LogP contribution in [-0.4, -0.2) is 24.0 Å². The molecule has 1 amide bonds. The van der Waals surface area contributed by atoms with Gasteiger partial charge >= 0.3 is 0 Å². The molecular formula is C15H26N2OS. The largest absolute Gasteiger partial charge is 0.352 e. The van der Waals surface area contributed by atoms with Crippen LogP contribution in [0.4, 0.5) is 0 Å². The van der Waals surface area contributed by atoms with Crippen molar-refractivity contribution in [2.75, 3.05) is 0 Å². The van der Waals surface area contributed by atoms with Gasteiger partial charge in [0, 0.05) is 17.0 Å². The van der Waals surface area contributed by atoms with Gasteiger partial charge in [-0.1, -0.05) is 19.4 Å². The van der Waals surface area contributed by atoms with Gasteiger partial charge in [-0.3, -0.25) is 4.79 Å². The molecule has 3 nitrogen and oxygen atoms in total. The van der Waals surface area contributed by atoms with Gasteiger partial charge in [0.25, 0.3) is 0 Å². The fourth-order valence-electron chi connectivity index (χ4n) is 2.16. The lowest BCUT2D eigenvalue weighted by Gasteiger charge is -2.21. The molecule has 1 aromatic rings. The Balaban J connectivity index is 2.32. The van der Waals surface area contributed by atoms with E-state index in [2.05, 4.69) is 48.9 Å². The van der Waals surface area contributed by atoms with Gasteiger partial charge < -0.3 is 10.6 Å². The topological polar surface area (TPSA) is 41.1 Å². The van der Waals surface area contributed by atoms with Crippen LogP contribution in [0.3, 0.4) is 0 Å². The zero-order valence-corrected chi connectivity index (χ0v) is 13.2. The van der Waals surface area contributed by atoms with Crippen molar-refractivity contribution >= 4 is 17.2 Å². The highest BCUT2D eigenvalue weighted by molar-refractivity contribution is 7.09. The number of rotatable bonds is 8. The maximum atomic E-state index is 12.0. The SMILES string of the molecule is CCCC(C)NC(=O)C(C)NC(C)Cc1cccs1. The van der Waals surface area contributed by atoms with E-state index >= 15 is 0 Å². The summed E-state index contributed by atoms with van der Waals surface area (Å²) in [6, 6.07) is 4.62. The second-order valence-corrected chi connectivity index (χ2v) is 6.30. The number of nitrogens with one attached hydrogen (secondary N) is 2. The smallest absolute Gasteiger partial charge is 0.237 e. The van der Waals surface area contributed by atoms with Crippen LogP contribution in [0.2, 0.25) is 0 Å².